The summed E-state index contributed by atoms with van der Waals surface area (Å²) in [6.45, 7) is 10.2. The van der Waals surface area contributed by atoms with Gasteiger partial charge in [-0.1, -0.05) is 24.6 Å². The van der Waals surface area contributed by atoms with Crippen molar-refractivity contribution in [1.82, 2.24) is 14.9 Å². The highest BCUT2D eigenvalue weighted by molar-refractivity contribution is 7.89. The standard InChI is InChI=1S/C19H31N3O3S.ClH/c1-5-10-22(17-6-8-20-13-17)18(23)7-9-21-26(24,25)19-15(3)11-14(2)12-16(19)4;/h11-12,17,20-21H,5-10,13H2,1-4H3;1H. The molecule has 1 atom stereocenters. The van der Waals surface area contributed by atoms with Crippen molar-refractivity contribution >= 4 is 28.3 Å². The number of aryl methyl sites for hydroxylation is 3. The zero-order valence-electron chi connectivity index (χ0n) is 16.7. The number of carbonyl (C=O) groups excluding carboxylic acids is 1. The number of rotatable bonds is 8. The largest absolute Gasteiger partial charge is 0.338 e. The van der Waals surface area contributed by atoms with Crippen LogP contribution in [0.4, 0.5) is 0 Å². The molecule has 2 N–H and O–H groups in total. The van der Waals surface area contributed by atoms with Gasteiger partial charge in [-0.3, -0.25) is 4.79 Å². The second kappa shape index (κ2) is 10.4. The Morgan fingerprint density at radius 1 is 1.26 bits per heavy atom. The molecule has 1 aliphatic rings. The van der Waals surface area contributed by atoms with Gasteiger partial charge in [0.25, 0.3) is 0 Å². The predicted octanol–water partition coefficient (Wildman–Crippen LogP) is 2.30. The Kier molecular flexibility index (Phi) is 9.21. The van der Waals surface area contributed by atoms with Gasteiger partial charge in [0.1, 0.15) is 0 Å². The van der Waals surface area contributed by atoms with Crippen molar-refractivity contribution in [2.75, 3.05) is 26.2 Å². The van der Waals surface area contributed by atoms with Gasteiger partial charge in [-0.25, -0.2) is 13.1 Å². The first kappa shape index (κ1) is 23.9. The number of benzene rings is 1. The summed E-state index contributed by atoms with van der Waals surface area (Å²) in [5, 5.41) is 3.28. The van der Waals surface area contributed by atoms with Crippen LogP contribution in [0.5, 0.6) is 0 Å². The Morgan fingerprint density at radius 2 is 1.89 bits per heavy atom. The van der Waals surface area contributed by atoms with Gasteiger partial charge < -0.3 is 10.2 Å². The molecule has 1 unspecified atom stereocenters. The molecule has 0 aromatic heterocycles. The van der Waals surface area contributed by atoms with Crippen LogP contribution in [0.15, 0.2) is 17.0 Å². The fourth-order valence-corrected chi connectivity index (χ4v) is 5.24. The Morgan fingerprint density at radius 3 is 2.41 bits per heavy atom. The van der Waals surface area contributed by atoms with Gasteiger partial charge in [0.2, 0.25) is 15.9 Å². The highest BCUT2D eigenvalue weighted by Gasteiger charge is 2.26. The van der Waals surface area contributed by atoms with Gasteiger partial charge in [-0.15, -0.1) is 12.4 Å². The molecule has 27 heavy (non-hydrogen) atoms. The van der Waals surface area contributed by atoms with Crippen molar-refractivity contribution in [3.05, 3.63) is 28.8 Å². The van der Waals surface area contributed by atoms with E-state index in [2.05, 4.69) is 10.0 Å². The maximum absolute atomic E-state index is 12.7. The molecule has 1 heterocycles. The van der Waals surface area contributed by atoms with Crippen LogP contribution in [0.3, 0.4) is 0 Å². The number of nitrogens with one attached hydrogen (secondary N) is 2. The lowest BCUT2D eigenvalue weighted by Crippen LogP contribution is -2.43. The molecule has 0 bridgehead atoms. The molecule has 6 nitrogen and oxygen atoms in total. The molecule has 8 heteroatoms. The lowest BCUT2D eigenvalue weighted by atomic mass is 10.1. The van der Waals surface area contributed by atoms with E-state index >= 15 is 0 Å². The molecule has 1 fully saturated rings. The zero-order chi connectivity index (χ0) is 19.3. The fraction of sp³-hybridized carbons (Fsp3) is 0.632. The summed E-state index contributed by atoms with van der Waals surface area (Å²) >= 11 is 0. The first-order valence-electron chi connectivity index (χ1n) is 9.34. The Labute approximate surface area is 169 Å². The first-order valence-corrected chi connectivity index (χ1v) is 10.8. The van der Waals surface area contributed by atoms with Crippen molar-refractivity contribution in [3.8, 4) is 0 Å². The molecule has 154 valence electrons. The normalized spacial score (nSPS) is 16.8. The number of amides is 1. The molecule has 1 amide bonds. The molecule has 0 spiro atoms. The lowest BCUT2D eigenvalue weighted by Gasteiger charge is -2.28. The highest BCUT2D eigenvalue weighted by atomic mass is 35.5. The average molecular weight is 418 g/mol. The predicted molar refractivity (Wildman–Crippen MR) is 111 cm³/mol. The van der Waals surface area contributed by atoms with Crippen LogP contribution < -0.4 is 10.0 Å². The second-order valence-electron chi connectivity index (χ2n) is 7.11. The Balaban J connectivity index is 0.00000364. The van der Waals surface area contributed by atoms with Crippen LogP contribution in [0.2, 0.25) is 0 Å². The number of halogens is 1. The average Bonchev–Trinajstić information content (AvgIpc) is 3.04. The number of carbonyl (C=O) groups is 1. The number of sulfonamides is 1. The monoisotopic (exact) mass is 417 g/mol. The van der Waals surface area contributed by atoms with Gasteiger partial charge in [0.05, 0.1) is 4.90 Å². The third-order valence-electron chi connectivity index (χ3n) is 4.76. The van der Waals surface area contributed by atoms with E-state index in [9.17, 15) is 13.2 Å². The molecular formula is C19H32ClN3O3S. The summed E-state index contributed by atoms with van der Waals surface area (Å²) in [7, 11) is -3.62. The van der Waals surface area contributed by atoms with Gasteiger partial charge >= 0.3 is 0 Å². The molecule has 0 aliphatic carbocycles. The van der Waals surface area contributed by atoms with Gasteiger partial charge in [0, 0.05) is 32.1 Å². The van der Waals surface area contributed by atoms with Crippen molar-refractivity contribution in [2.45, 2.75) is 57.9 Å². The van der Waals surface area contributed by atoms with E-state index in [4.69, 9.17) is 0 Å². The molecule has 1 aliphatic heterocycles. The van der Waals surface area contributed by atoms with Crippen LogP contribution in [-0.4, -0.2) is 51.4 Å². The third-order valence-corrected chi connectivity index (χ3v) is 6.53. The van der Waals surface area contributed by atoms with E-state index in [1.165, 1.54) is 0 Å². The molecule has 0 saturated carbocycles. The van der Waals surface area contributed by atoms with Crippen LogP contribution >= 0.6 is 12.4 Å². The van der Waals surface area contributed by atoms with Gasteiger partial charge in [-0.2, -0.15) is 0 Å². The quantitative estimate of drug-likeness (QED) is 0.680. The summed E-state index contributed by atoms with van der Waals surface area (Å²) in [5.74, 6) is 0.0144. The zero-order valence-corrected chi connectivity index (χ0v) is 18.3. The van der Waals surface area contributed by atoms with E-state index in [1.54, 1.807) is 13.8 Å². The first-order chi connectivity index (χ1) is 12.3. The second-order valence-corrected chi connectivity index (χ2v) is 8.81. The molecule has 1 saturated heterocycles. The maximum Gasteiger partial charge on any atom is 0.241 e. The number of hydrogen-bond acceptors (Lipinski definition) is 4. The summed E-state index contributed by atoms with van der Waals surface area (Å²) < 4.78 is 27.9. The Hall–Kier alpha value is -1.15. The van der Waals surface area contributed by atoms with Crippen LogP contribution in [0.25, 0.3) is 0 Å². The van der Waals surface area contributed by atoms with Crippen LogP contribution in [-0.2, 0) is 14.8 Å². The van der Waals surface area contributed by atoms with Crippen molar-refractivity contribution in [1.29, 1.82) is 0 Å². The summed E-state index contributed by atoms with van der Waals surface area (Å²) in [6, 6.07) is 3.95. The molecule has 0 radical (unpaired) electrons. The fourth-order valence-electron chi connectivity index (χ4n) is 3.76. The SMILES string of the molecule is CCCN(C(=O)CCNS(=O)(=O)c1c(C)cc(C)cc1C)C1CCNC1.Cl. The van der Waals surface area contributed by atoms with Crippen molar-refractivity contribution < 1.29 is 13.2 Å². The minimum absolute atomic E-state index is 0. The Bertz CT molecular complexity index is 724. The molecule has 2 rings (SSSR count). The van der Waals surface area contributed by atoms with Gasteiger partial charge in [-0.05, 0) is 51.3 Å². The van der Waals surface area contributed by atoms with E-state index in [-0.39, 0.29) is 37.3 Å². The maximum atomic E-state index is 12.7. The summed E-state index contributed by atoms with van der Waals surface area (Å²) in [6.07, 6.45) is 2.04. The number of hydrogen-bond donors (Lipinski definition) is 2. The smallest absolute Gasteiger partial charge is 0.241 e. The minimum Gasteiger partial charge on any atom is -0.338 e. The van der Waals surface area contributed by atoms with E-state index in [0.717, 1.165) is 42.6 Å². The highest BCUT2D eigenvalue weighted by Crippen LogP contribution is 2.21. The minimum atomic E-state index is -3.62. The lowest BCUT2D eigenvalue weighted by molar-refractivity contribution is -0.133. The summed E-state index contributed by atoms with van der Waals surface area (Å²) in [5.41, 5.74) is 2.49. The van der Waals surface area contributed by atoms with Crippen LogP contribution in [0, 0.1) is 20.8 Å². The van der Waals surface area contributed by atoms with Crippen molar-refractivity contribution in [2.24, 2.45) is 0 Å². The van der Waals surface area contributed by atoms with E-state index in [0.29, 0.717) is 11.4 Å². The van der Waals surface area contributed by atoms with E-state index < -0.39 is 10.0 Å². The molecule has 1 aromatic rings. The summed E-state index contributed by atoms with van der Waals surface area (Å²) in [4.78, 5) is 14.8. The van der Waals surface area contributed by atoms with Crippen LogP contribution in [0.1, 0.15) is 42.9 Å². The molecule has 1 aromatic carbocycles. The van der Waals surface area contributed by atoms with Crippen molar-refractivity contribution in [3.63, 3.8) is 0 Å². The topological polar surface area (TPSA) is 78.5 Å². The molecular weight excluding hydrogens is 386 g/mol. The third kappa shape index (κ3) is 6.17. The van der Waals surface area contributed by atoms with E-state index in [1.807, 2.05) is 30.9 Å². The van der Waals surface area contributed by atoms with Gasteiger partial charge in [0.15, 0.2) is 0 Å². The number of nitrogens with zero attached hydrogens (tertiary/aromatic N) is 1.